The summed E-state index contributed by atoms with van der Waals surface area (Å²) in [6, 6.07) is 4.29. The summed E-state index contributed by atoms with van der Waals surface area (Å²) < 4.78 is 2.01. The summed E-state index contributed by atoms with van der Waals surface area (Å²) in [7, 11) is 1.90. The number of fused-ring (bicyclic) bond motifs is 1. The van der Waals surface area contributed by atoms with Crippen LogP contribution in [-0.4, -0.2) is 58.2 Å². The van der Waals surface area contributed by atoms with Crippen LogP contribution in [0.25, 0.3) is 16.9 Å². The van der Waals surface area contributed by atoms with Gasteiger partial charge in [0.05, 0.1) is 29.1 Å². The first-order chi connectivity index (χ1) is 15.0. The van der Waals surface area contributed by atoms with Crippen LogP contribution >= 0.6 is 0 Å². The van der Waals surface area contributed by atoms with E-state index in [1.807, 2.05) is 50.7 Å². The van der Waals surface area contributed by atoms with Gasteiger partial charge in [0.1, 0.15) is 0 Å². The minimum Gasteiger partial charge on any atom is -0.388 e. The lowest BCUT2D eigenvalue weighted by Crippen LogP contribution is -2.41. The number of carbonyl (C=O) groups excluding carboxylic acids is 1. The molecule has 0 radical (unpaired) electrons. The highest BCUT2D eigenvalue weighted by Crippen LogP contribution is 2.33. The van der Waals surface area contributed by atoms with E-state index in [4.69, 9.17) is 9.98 Å². The molecule has 1 amide bonds. The van der Waals surface area contributed by atoms with Crippen LogP contribution in [0, 0.1) is 20.8 Å². The first-order valence-electron chi connectivity index (χ1n) is 10.6. The molecule has 8 heteroatoms. The van der Waals surface area contributed by atoms with E-state index in [1.165, 1.54) is 0 Å². The van der Waals surface area contributed by atoms with Gasteiger partial charge in [-0.25, -0.2) is 15.0 Å². The largest absolute Gasteiger partial charge is 0.388 e. The van der Waals surface area contributed by atoms with Gasteiger partial charge in [-0.3, -0.25) is 4.79 Å². The van der Waals surface area contributed by atoms with Crippen molar-refractivity contribution in [1.29, 1.82) is 0 Å². The Morgan fingerprint density at radius 2 is 1.97 bits per heavy atom. The number of piperidine rings is 1. The van der Waals surface area contributed by atoms with Crippen molar-refractivity contribution in [3.05, 3.63) is 41.5 Å². The van der Waals surface area contributed by atoms with E-state index in [-0.39, 0.29) is 6.04 Å². The Bertz CT molecular complexity index is 1130. The predicted octanol–water partition coefficient (Wildman–Crippen LogP) is 3.23. The number of aliphatic imine (C=N–C) groups is 1. The smallest absolute Gasteiger partial charge is 0.215 e. The maximum atomic E-state index is 11.7. The lowest BCUT2D eigenvalue weighted by Gasteiger charge is -2.28. The Morgan fingerprint density at radius 3 is 2.68 bits per heavy atom. The maximum absolute atomic E-state index is 11.7. The Kier molecular flexibility index (Phi) is 5.99. The minimum absolute atomic E-state index is 0.186. The SMILES string of the molecule is CNc1cc(-c2cn3cc(C)nc3c(C)n2)cc(N=CN(C=O)C2CCNCC2)c1C. The summed E-state index contributed by atoms with van der Waals surface area (Å²) in [5, 5.41) is 6.58. The van der Waals surface area contributed by atoms with Gasteiger partial charge in [-0.15, -0.1) is 0 Å². The van der Waals surface area contributed by atoms with Crippen molar-refractivity contribution < 1.29 is 4.79 Å². The Hall–Kier alpha value is -3.26. The molecule has 4 rings (SSSR count). The van der Waals surface area contributed by atoms with E-state index < -0.39 is 0 Å². The zero-order valence-corrected chi connectivity index (χ0v) is 18.5. The number of imidazole rings is 1. The Morgan fingerprint density at radius 1 is 1.19 bits per heavy atom. The van der Waals surface area contributed by atoms with Crippen LogP contribution < -0.4 is 10.6 Å². The van der Waals surface area contributed by atoms with E-state index in [1.54, 1.807) is 11.2 Å². The summed E-state index contributed by atoms with van der Waals surface area (Å²) in [5.41, 5.74) is 7.31. The molecule has 3 aromatic rings. The molecule has 1 saturated heterocycles. The number of amides is 1. The topological polar surface area (TPSA) is 86.9 Å². The number of rotatable bonds is 6. The van der Waals surface area contributed by atoms with E-state index in [0.717, 1.165) is 77.6 Å². The standard InChI is InChI=1S/C23H29N7O/c1-15-11-29-12-22(28-17(3)23(29)27-15)18-9-20(24-4)16(2)21(10-18)26-13-30(14-31)19-5-7-25-8-6-19/h9-14,19,24-25H,5-8H2,1-4H3. The van der Waals surface area contributed by atoms with Crippen LogP contribution in [-0.2, 0) is 4.79 Å². The number of benzene rings is 1. The van der Waals surface area contributed by atoms with Gasteiger partial charge in [-0.1, -0.05) is 0 Å². The van der Waals surface area contributed by atoms with Gasteiger partial charge >= 0.3 is 0 Å². The van der Waals surface area contributed by atoms with Crippen molar-refractivity contribution in [1.82, 2.24) is 24.6 Å². The summed E-state index contributed by atoms with van der Waals surface area (Å²) in [6.45, 7) is 7.81. The normalized spacial score (nSPS) is 15.0. The van der Waals surface area contributed by atoms with Gasteiger partial charge in [0, 0.05) is 36.7 Å². The third-order valence-corrected chi connectivity index (χ3v) is 5.85. The molecule has 0 atom stereocenters. The van der Waals surface area contributed by atoms with Crippen LogP contribution in [0.3, 0.4) is 0 Å². The van der Waals surface area contributed by atoms with Gasteiger partial charge in [0.25, 0.3) is 0 Å². The third-order valence-electron chi connectivity index (χ3n) is 5.85. The van der Waals surface area contributed by atoms with Crippen LogP contribution in [0.1, 0.15) is 29.8 Å². The highest BCUT2D eigenvalue weighted by Gasteiger charge is 2.18. The van der Waals surface area contributed by atoms with Gasteiger partial charge < -0.3 is 19.9 Å². The monoisotopic (exact) mass is 419 g/mol. The highest BCUT2D eigenvalue weighted by atomic mass is 16.1. The lowest BCUT2D eigenvalue weighted by molar-refractivity contribution is -0.116. The van der Waals surface area contributed by atoms with Crippen molar-refractivity contribution in [3.63, 3.8) is 0 Å². The van der Waals surface area contributed by atoms with E-state index >= 15 is 0 Å². The van der Waals surface area contributed by atoms with Crippen molar-refractivity contribution in [2.45, 2.75) is 39.7 Å². The van der Waals surface area contributed by atoms with Crippen molar-refractivity contribution in [2.24, 2.45) is 4.99 Å². The second-order valence-corrected chi connectivity index (χ2v) is 8.02. The molecule has 1 fully saturated rings. The molecule has 0 bridgehead atoms. The predicted molar refractivity (Wildman–Crippen MR) is 124 cm³/mol. The Balaban J connectivity index is 1.72. The number of hydrogen-bond donors (Lipinski definition) is 2. The molecule has 1 aromatic carbocycles. The highest BCUT2D eigenvalue weighted by molar-refractivity contribution is 5.80. The molecule has 0 aliphatic carbocycles. The molecule has 0 spiro atoms. The van der Waals surface area contributed by atoms with Crippen molar-refractivity contribution in [3.8, 4) is 11.3 Å². The van der Waals surface area contributed by atoms with E-state index in [0.29, 0.717) is 0 Å². The zero-order valence-electron chi connectivity index (χ0n) is 18.5. The molecule has 1 aliphatic rings. The van der Waals surface area contributed by atoms with E-state index in [2.05, 4.69) is 21.7 Å². The number of nitrogens with one attached hydrogen (secondary N) is 2. The fourth-order valence-electron chi connectivity index (χ4n) is 4.09. The zero-order chi connectivity index (χ0) is 22.0. The molecule has 1 aliphatic heterocycles. The molecule has 8 nitrogen and oxygen atoms in total. The molecule has 0 saturated carbocycles. The summed E-state index contributed by atoms with van der Waals surface area (Å²) in [6.07, 6.45) is 8.39. The molecular weight excluding hydrogens is 390 g/mol. The summed E-state index contributed by atoms with van der Waals surface area (Å²) in [5.74, 6) is 0. The van der Waals surface area contributed by atoms with Crippen LogP contribution in [0.15, 0.2) is 29.5 Å². The molecular formula is C23H29N7O. The van der Waals surface area contributed by atoms with Gasteiger partial charge in [0.2, 0.25) is 6.41 Å². The average molecular weight is 420 g/mol. The minimum atomic E-state index is 0.186. The average Bonchev–Trinajstić information content (AvgIpc) is 3.16. The summed E-state index contributed by atoms with van der Waals surface area (Å²) >= 11 is 0. The van der Waals surface area contributed by atoms with Crippen molar-refractivity contribution in [2.75, 3.05) is 25.5 Å². The number of aromatic nitrogens is 3. The van der Waals surface area contributed by atoms with E-state index in [9.17, 15) is 4.79 Å². The van der Waals surface area contributed by atoms with Gasteiger partial charge in [-0.05, 0) is 64.4 Å². The van der Waals surface area contributed by atoms with Crippen molar-refractivity contribution >= 4 is 29.8 Å². The second kappa shape index (κ2) is 8.85. The van der Waals surface area contributed by atoms with Crippen LogP contribution in [0.2, 0.25) is 0 Å². The fraction of sp³-hybridized carbons (Fsp3) is 0.391. The number of carbonyl (C=O) groups is 1. The summed E-state index contributed by atoms with van der Waals surface area (Å²) in [4.78, 5) is 27.4. The Labute approximate surface area is 182 Å². The molecule has 162 valence electrons. The fourth-order valence-corrected chi connectivity index (χ4v) is 4.09. The third kappa shape index (κ3) is 4.29. The van der Waals surface area contributed by atoms with Crippen LogP contribution in [0.5, 0.6) is 0 Å². The van der Waals surface area contributed by atoms with Crippen LogP contribution in [0.4, 0.5) is 11.4 Å². The lowest BCUT2D eigenvalue weighted by atomic mass is 10.0. The first kappa shape index (κ1) is 21.0. The van der Waals surface area contributed by atoms with Gasteiger partial charge in [-0.2, -0.15) is 0 Å². The quantitative estimate of drug-likeness (QED) is 0.364. The molecule has 0 unspecified atom stereocenters. The van der Waals surface area contributed by atoms with Gasteiger partial charge in [0.15, 0.2) is 5.65 Å². The number of hydrogen-bond acceptors (Lipinski definition) is 6. The molecule has 2 N–H and O–H groups in total. The number of nitrogens with zero attached hydrogens (tertiary/aromatic N) is 5. The molecule has 3 heterocycles. The maximum Gasteiger partial charge on any atom is 0.215 e. The number of anilines is 1. The number of aryl methyl sites for hydroxylation is 2. The second-order valence-electron chi connectivity index (χ2n) is 8.02. The molecule has 31 heavy (non-hydrogen) atoms. The first-order valence-corrected chi connectivity index (χ1v) is 10.6. The molecule has 2 aromatic heterocycles.